The van der Waals surface area contributed by atoms with Crippen molar-refractivity contribution in [2.24, 2.45) is 0 Å². The summed E-state index contributed by atoms with van der Waals surface area (Å²) < 4.78 is 31.3. The molecule has 21 heavy (non-hydrogen) atoms. The van der Waals surface area contributed by atoms with Gasteiger partial charge in [0.1, 0.15) is 16.2 Å². The molecule has 0 radical (unpaired) electrons. The first kappa shape index (κ1) is 16.9. The molecule has 0 unspecified atom stereocenters. The number of carboxylic acids is 1. The van der Waals surface area contributed by atoms with Gasteiger partial charge in [0, 0.05) is 12.1 Å². The van der Waals surface area contributed by atoms with Gasteiger partial charge in [-0.25, -0.2) is 8.42 Å². The quantitative estimate of drug-likeness (QED) is 0.583. The minimum Gasteiger partial charge on any atom is -0.495 e. The Bertz CT molecular complexity index is 682. The third-order valence-electron chi connectivity index (χ3n) is 2.57. The number of carboxylic acid groups (broad SMARTS) is 1. The van der Waals surface area contributed by atoms with E-state index >= 15 is 0 Å². The van der Waals surface area contributed by atoms with Crippen molar-refractivity contribution in [2.45, 2.75) is 24.3 Å². The predicted octanol–water partition coefficient (Wildman–Crippen LogP) is 0.745. The fourth-order valence-electron chi connectivity index (χ4n) is 1.42. The van der Waals surface area contributed by atoms with E-state index in [4.69, 9.17) is 9.84 Å². The van der Waals surface area contributed by atoms with Gasteiger partial charge in [-0.05, 0) is 19.9 Å². The fraction of sp³-hybridized carbons (Fsp3) is 0.364. The van der Waals surface area contributed by atoms with E-state index in [-0.39, 0.29) is 5.75 Å². The van der Waals surface area contributed by atoms with Crippen molar-refractivity contribution >= 4 is 21.7 Å². The Hall–Kier alpha value is -2.20. The van der Waals surface area contributed by atoms with Crippen molar-refractivity contribution in [3.8, 4) is 5.75 Å². The maximum absolute atomic E-state index is 12.2. The van der Waals surface area contributed by atoms with E-state index in [0.717, 1.165) is 32.0 Å². The Morgan fingerprint density at radius 1 is 1.43 bits per heavy atom. The molecule has 0 spiro atoms. The molecule has 0 saturated heterocycles. The fourth-order valence-corrected chi connectivity index (χ4v) is 2.98. The lowest BCUT2D eigenvalue weighted by molar-refractivity contribution is -0.385. The molecule has 9 nitrogen and oxygen atoms in total. The van der Waals surface area contributed by atoms with E-state index in [0.29, 0.717) is 0 Å². The summed E-state index contributed by atoms with van der Waals surface area (Å²) in [7, 11) is -3.13. The smallest absolute Gasteiger partial charge is 0.324 e. The molecule has 0 aromatic heterocycles. The van der Waals surface area contributed by atoms with Gasteiger partial charge in [-0.3, -0.25) is 14.9 Å². The number of rotatable bonds is 6. The van der Waals surface area contributed by atoms with Crippen LogP contribution in [0.25, 0.3) is 0 Å². The third kappa shape index (κ3) is 3.67. The van der Waals surface area contributed by atoms with Crippen LogP contribution in [0.1, 0.15) is 13.8 Å². The second kappa shape index (κ2) is 5.66. The zero-order chi connectivity index (χ0) is 16.4. The van der Waals surface area contributed by atoms with Crippen LogP contribution in [-0.4, -0.2) is 37.1 Å². The van der Waals surface area contributed by atoms with Crippen molar-refractivity contribution in [1.29, 1.82) is 0 Å². The van der Waals surface area contributed by atoms with Crippen LogP contribution in [0.3, 0.4) is 0 Å². The van der Waals surface area contributed by atoms with Crippen LogP contribution < -0.4 is 9.46 Å². The summed E-state index contributed by atoms with van der Waals surface area (Å²) in [6.07, 6.45) is 0. The number of hydrogen-bond acceptors (Lipinski definition) is 6. The Morgan fingerprint density at radius 2 is 2.00 bits per heavy atom. The molecule has 0 bridgehead atoms. The number of non-ortho nitro benzene ring substituents is 1. The average molecular weight is 318 g/mol. The molecular weight excluding hydrogens is 304 g/mol. The maximum atomic E-state index is 12.2. The van der Waals surface area contributed by atoms with Crippen LogP contribution in [0.5, 0.6) is 5.75 Å². The molecule has 2 N–H and O–H groups in total. The molecule has 10 heteroatoms. The lowest BCUT2D eigenvalue weighted by Crippen LogP contribution is -2.49. The zero-order valence-electron chi connectivity index (χ0n) is 11.5. The van der Waals surface area contributed by atoms with Gasteiger partial charge in [-0.1, -0.05) is 0 Å². The van der Waals surface area contributed by atoms with Crippen molar-refractivity contribution in [3.05, 3.63) is 28.3 Å². The summed E-state index contributed by atoms with van der Waals surface area (Å²) in [5.74, 6) is -1.52. The summed E-state index contributed by atoms with van der Waals surface area (Å²) in [4.78, 5) is 20.5. The van der Waals surface area contributed by atoms with Gasteiger partial charge in [-0.2, -0.15) is 4.72 Å². The van der Waals surface area contributed by atoms with Crippen molar-refractivity contribution in [2.75, 3.05) is 7.11 Å². The lowest BCUT2D eigenvalue weighted by Gasteiger charge is -2.21. The maximum Gasteiger partial charge on any atom is 0.324 e. The lowest BCUT2D eigenvalue weighted by atomic mass is 10.1. The first-order valence-corrected chi connectivity index (χ1v) is 7.09. The van der Waals surface area contributed by atoms with E-state index in [9.17, 15) is 23.3 Å². The van der Waals surface area contributed by atoms with E-state index < -0.39 is 37.0 Å². The number of benzene rings is 1. The normalized spacial score (nSPS) is 12.0. The molecule has 1 aromatic carbocycles. The van der Waals surface area contributed by atoms with Gasteiger partial charge < -0.3 is 9.84 Å². The molecule has 0 saturated carbocycles. The average Bonchev–Trinajstić information content (AvgIpc) is 2.36. The van der Waals surface area contributed by atoms with Crippen LogP contribution >= 0.6 is 0 Å². The minimum atomic E-state index is -4.32. The molecular formula is C11H14N2O7S. The number of nitrogens with one attached hydrogen (secondary N) is 1. The zero-order valence-corrected chi connectivity index (χ0v) is 12.3. The molecule has 0 fully saturated rings. The Morgan fingerprint density at radius 3 is 2.43 bits per heavy atom. The molecule has 0 aliphatic carbocycles. The van der Waals surface area contributed by atoms with Gasteiger partial charge in [-0.15, -0.1) is 0 Å². The second-order valence-electron chi connectivity index (χ2n) is 4.63. The summed E-state index contributed by atoms with van der Waals surface area (Å²) in [6, 6.07) is 3.01. The molecule has 0 aliphatic heterocycles. The number of ether oxygens (including phenoxy) is 1. The molecule has 0 atom stereocenters. The molecule has 0 heterocycles. The van der Waals surface area contributed by atoms with E-state index in [1.165, 1.54) is 7.11 Å². The number of hydrogen-bond donors (Lipinski definition) is 2. The van der Waals surface area contributed by atoms with Crippen LogP contribution in [0.2, 0.25) is 0 Å². The highest BCUT2D eigenvalue weighted by molar-refractivity contribution is 7.89. The number of sulfonamides is 1. The van der Waals surface area contributed by atoms with Crippen molar-refractivity contribution in [1.82, 2.24) is 4.72 Å². The predicted molar refractivity (Wildman–Crippen MR) is 71.7 cm³/mol. The highest BCUT2D eigenvalue weighted by Crippen LogP contribution is 2.28. The Balaban J connectivity index is 3.39. The third-order valence-corrected chi connectivity index (χ3v) is 4.25. The molecule has 1 aromatic rings. The van der Waals surface area contributed by atoms with Gasteiger partial charge >= 0.3 is 5.97 Å². The first-order valence-electron chi connectivity index (χ1n) is 5.61. The topological polar surface area (TPSA) is 136 Å². The largest absolute Gasteiger partial charge is 0.495 e. The molecule has 0 aliphatic rings. The van der Waals surface area contributed by atoms with Crippen LogP contribution in [0, 0.1) is 10.1 Å². The summed E-state index contributed by atoms with van der Waals surface area (Å²) in [5, 5.41) is 19.7. The van der Waals surface area contributed by atoms with Crippen LogP contribution in [-0.2, 0) is 14.8 Å². The van der Waals surface area contributed by atoms with Crippen LogP contribution in [0.15, 0.2) is 23.1 Å². The Labute approximate surface area is 120 Å². The summed E-state index contributed by atoms with van der Waals surface area (Å²) >= 11 is 0. The van der Waals surface area contributed by atoms with Crippen molar-refractivity contribution in [3.63, 3.8) is 0 Å². The number of nitro groups is 1. The summed E-state index contributed by atoms with van der Waals surface area (Å²) in [6.45, 7) is 2.30. The van der Waals surface area contributed by atoms with E-state index in [2.05, 4.69) is 0 Å². The molecule has 0 amide bonds. The number of carbonyl (C=O) groups is 1. The van der Waals surface area contributed by atoms with Gasteiger partial charge in [0.15, 0.2) is 0 Å². The number of nitro benzene ring substituents is 1. The number of aliphatic carboxylic acids is 1. The highest BCUT2D eigenvalue weighted by atomic mass is 32.2. The number of nitrogens with zero attached hydrogens (tertiary/aromatic N) is 1. The van der Waals surface area contributed by atoms with Gasteiger partial charge in [0.05, 0.1) is 12.0 Å². The minimum absolute atomic E-state index is 0.130. The standard InChI is InChI=1S/C11H14N2O7S/c1-11(2,10(14)15)12-21(18,19)9-6-7(13(16)17)4-5-8(9)20-3/h4-6,12H,1-3H3,(H,14,15). The van der Waals surface area contributed by atoms with Crippen molar-refractivity contribution < 1.29 is 28.0 Å². The second-order valence-corrected chi connectivity index (χ2v) is 6.28. The van der Waals surface area contributed by atoms with Gasteiger partial charge in [0.25, 0.3) is 5.69 Å². The van der Waals surface area contributed by atoms with Gasteiger partial charge in [0.2, 0.25) is 10.0 Å². The van der Waals surface area contributed by atoms with E-state index in [1.54, 1.807) is 0 Å². The van der Waals surface area contributed by atoms with E-state index in [1.807, 2.05) is 4.72 Å². The molecule has 1 rings (SSSR count). The first-order chi connectivity index (χ1) is 9.51. The highest BCUT2D eigenvalue weighted by Gasteiger charge is 2.35. The molecule has 116 valence electrons. The summed E-state index contributed by atoms with van der Waals surface area (Å²) in [5.41, 5.74) is -2.24. The Kier molecular flexibility index (Phi) is 4.54. The monoisotopic (exact) mass is 318 g/mol. The SMILES string of the molecule is COc1ccc([N+](=O)[O-])cc1S(=O)(=O)NC(C)(C)C(=O)O. The number of methoxy groups -OCH3 is 1. The van der Waals surface area contributed by atoms with Crippen LogP contribution in [0.4, 0.5) is 5.69 Å².